The predicted octanol–water partition coefficient (Wildman–Crippen LogP) is 9.59. The molecule has 13 heteroatoms. The zero-order valence-corrected chi connectivity index (χ0v) is 21.0. The monoisotopic (exact) mass is 598 g/mol. The summed E-state index contributed by atoms with van der Waals surface area (Å²) in [6.07, 6.45) is 0. The minimum Gasteiger partial charge on any atom is -0.113 e. The highest BCUT2D eigenvalue weighted by Crippen LogP contribution is 2.64. The third kappa shape index (κ3) is 3.92. The maximum Gasteiger partial charge on any atom is 0.150 e. The zero-order valence-electron chi connectivity index (χ0n) is 11.1. The van der Waals surface area contributed by atoms with E-state index in [1.54, 1.807) is 0 Å². The Morgan fingerprint density at radius 2 is 0.840 bits per heavy atom. The Morgan fingerprint density at radius 3 is 1.12 bits per heavy atom. The number of hydrogen-bond donors (Lipinski definition) is 0. The number of halogens is 12. The van der Waals surface area contributed by atoms with E-state index in [9.17, 15) is 0 Å². The largest absolute Gasteiger partial charge is 0.150 e. The Bertz CT molecular complexity index is 689. The average Bonchev–Trinajstić information content (AvgIpc) is 2.59. The standard InChI is InChI=1S/C12H2Cl12S/c13-1-3(15)7(19)11(23,8(20)4(1)16)25-12(24)9(21)5(17)2(14)6(18)10(12)22/h7,9H. The highest BCUT2D eigenvalue weighted by atomic mass is 35.5. The molecule has 0 heterocycles. The fraction of sp³-hybridized carbons (Fsp3) is 0.333. The summed E-state index contributed by atoms with van der Waals surface area (Å²) in [5.41, 5.74) is 0. The van der Waals surface area contributed by atoms with Gasteiger partial charge in [0.05, 0.1) is 40.3 Å². The van der Waals surface area contributed by atoms with Crippen LogP contribution in [0.4, 0.5) is 0 Å². The van der Waals surface area contributed by atoms with Crippen LogP contribution in [0.15, 0.2) is 40.3 Å². The molecule has 4 unspecified atom stereocenters. The number of thioether (sulfide) groups is 1. The second-order valence-electron chi connectivity index (χ2n) is 4.70. The molecule has 0 nitrogen and oxygen atoms in total. The molecule has 0 amide bonds. The molecule has 2 aliphatic rings. The number of alkyl halides is 4. The lowest BCUT2D eigenvalue weighted by Gasteiger charge is -2.43. The van der Waals surface area contributed by atoms with Gasteiger partial charge < -0.3 is 0 Å². The van der Waals surface area contributed by atoms with Crippen LogP contribution in [-0.4, -0.2) is 19.2 Å². The summed E-state index contributed by atoms with van der Waals surface area (Å²) in [5, 5.41) is -2.67. The van der Waals surface area contributed by atoms with Crippen molar-refractivity contribution in [1.82, 2.24) is 0 Å². The van der Waals surface area contributed by atoms with Crippen LogP contribution < -0.4 is 0 Å². The Kier molecular flexibility index (Phi) is 8.18. The molecule has 0 radical (unpaired) electrons. The molecule has 0 aromatic heterocycles. The van der Waals surface area contributed by atoms with Gasteiger partial charge in [0, 0.05) is 0 Å². The van der Waals surface area contributed by atoms with Crippen LogP contribution in [-0.2, 0) is 0 Å². The SMILES string of the molecule is ClC1=C(Cl)C(Cl)C(Cl)(SC2(Cl)C(Cl)=C(Cl)C(Cl)=C(Cl)C2Cl)C(Cl)=C1Cl. The molecule has 0 spiro atoms. The van der Waals surface area contributed by atoms with Crippen LogP contribution in [0.2, 0.25) is 0 Å². The average molecular weight is 604 g/mol. The molecule has 0 aromatic rings. The van der Waals surface area contributed by atoms with Crippen LogP contribution in [0.3, 0.4) is 0 Å². The van der Waals surface area contributed by atoms with Gasteiger partial charge in [0.15, 0.2) is 0 Å². The van der Waals surface area contributed by atoms with Gasteiger partial charge >= 0.3 is 0 Å². The van der Waals surface area contributed by atoms with Gasteiger partial charge in [-0.15, -0.1) is 35.0 Å². The normalized spacial score (nSPS) is 37.4. The third-order valence-electron chi connectivity index (χ3n) is 3.18. The van der Waals surface area contributed by atoms with E-state index >= 15 is 0 Å². The fourth-order valence-corrected chi connectivity index (χ4v) is 8.03. The summed E-state index contributed by atoms with van der Waals surface area (Å²) in [4.78, 5) is 0. The first-order valence-corrected chi connectivity index (χ1v) is 11.4. The first kappa shape index (κ1) is 24.1. The molecule has 0 bridgehead atoms. The van der Waals surface area contributed by atoms with E-state index in [2.05, 4.69) is 0 Å². The highest BCUT2D eigenvalue weighted by molar-refractivity contribution is 8.05. The summed E-state index contributed by atoms with van der Waals surface area (Å²) in [6.45, 7) is 0. The molecule has 2 aliphatic carbocycles. The lowest BCUT2D eigenvalue weighted by molar-refractivity contribution is 0.889. The van der Waals surface area contributed by atoms with E-state index in [1.165, 1.54) is 0 Å². The van der Waals surface area contributed by atoms with Gasteiger partial charge in [-0.1, -0.05) is 116 Å². The first-order valence-electron chi connectivity index (χ1n) is 5.89. The molecule has 140 valence electrons. The van der Waals surface area contributed by atoms with Gasteiger partial charge in [-0.25, -0.2) is 0 Å². The van der Waals surface area contributed by atoms with E-state index in [0.717, 1.165) is 11.8 Å². The van der Waals surface area contributed by atoms with E-state index in [-0.39, 0.29) is 40.3 Å². The van der Waals surface area contributed by atoms with Crippen molar-refractivity contribution in [1.29, 1.82) is 0 Å². The van der Waals surface area contributed by atoms with Crippen molar-refractivity contribution in [3.8, 4) is 0 Å². The summed E-state index contributed by atoms with van der Waals surface area (Å²) in [7, 11) is 0. The second-order valence-corrected chi connectivity index (χ2v) is 11.8. The summed E-state index contributed by atoms with van der Waals surface area (Å²) < 4.78 is -3.33. The van der Waals surface area contributed by atoms with E-state index < -0.39 is 19.2 Å². The number of hydrogen-bond acceptors (Lipinski definition) is 1. The summed E-state index contributed by atoms with van der Waals surface area (Å²) >= 11 is 75.7. The van der Waals surface area contributed by atoms with Crippen LogP contribution in [0.1, 0.15) is 0 Å². The number of allylic oxidation sites excluding steroid dienone is 6. The summed E-state index contributed by atoms with van der Waals surface area (Å²) in [5.74, 6) is 0. The van der Waals surface area contributed by atoms with Crippen LogP contribution >= 0.6 is 151 Å². The van der Waals surface area contributed by atoms with Crippen LogP contribution in [0, 0.1) is 0 Å². The Hall–Kier alpha value is 2.79. The molecule has 0 saturated carbocycles. The van der Waals surface area contributed by atoms with E-state index in [1.807, 2.05) is 0 Å². The quantitative estimate of drug-likeness (QED) is 0.283. The third-order valence-corrected chi connectivity index (χ3v) is 12.1. The minimum absolute atomic E-state index is 0.0201. The molecular weight excluding hydrogens is 602 g/mol. The summed E-state index contributed by atoms with van der Waals surface area (Å²) in [6, 6.07) is 0. The number of rotatable bonds is 2. The maximum atomic E-state index is 6.64. The van der Waals surface area contributed by atoms with Crippen molar-refractivity contribution in [3.63, 3.8) is 0 Å². The molecular formula is C12H2Cl12S. The van der Waals surface area contributed by atoms with Crippen molar-refractivity contribution in [2.45, 2.75) is 19.2 Å². The molecule has 0 fully saturated rings. The van der Waals surface area contributed by atoms with Crippen LogP contribution in [0.25, 0.3) is 0 Å². The Morgan fingerprint density at radius 1 is 0.560 bits per heavy atom. The van der Waals surface area contributed by atoms with Crippen molar-refractivity contribution < 1.29 is 0 Å². The van der Waals surface area contributed by atoms with Crippen molar-refractivity contribution in [2.75, 3.05) is 0 Å². The Balaban J connectivity index is 2.59. The highest BCUT2D eigenvalue weighted by Gasteiger charge is 2.57. The molecule has 25 heavy (non-hydrogen) atoms. The lowest BCUT2D eigenvalue weighted by Crippen LogP contribution is -2.43. The Labute approximate surface area is 208 Å². The topological polar surface area (TPSA) is 0 Å². The van der Waals surface area contributed by atoms with Crippen molar-refractivity contribution in [2.24, 2.45) is 0 Å². The lowest BCUT2D eigenvalue weighted by atomic mass is 10.1. The predicted molar refractivity (Wildman–Crippen MR) is 119 cm³/mol. The zero-order chi connectivity index (χ0) is 19.5. The van der Waals surface area contributed by atoms with Gasteiger partial charge in [0.2, 0.25) is 0 Å². The molecule has 2 rings (SSSR count). The van der Waals surface area contributed by atoms with E-state index in [0.29, 0.717) is 0 Å². The van der Waals surface area contributed by atoms with E-state index in [4.69, 9.17) is 139 Å². The van der Waals surface area contributed by atoms with Crippen molar-refractivity contribution in [3.05, 3.63) is 40.3 Å². The van der Waals surface area contributed by atoms with Gasteiger partial charge in [-0.3, -0.25) is 0 Å². The molecule has 0 saturated heterocycles. The molecule has 0 aliphatic heterocycles. The molecule has 0 N–H and O–H groups in total. The van der Waals surface area contributed by atoms with Crippen LogP contribution in [0.5, 0.6) is 0 Å². The van der Waals surface area contributed by atoms with Crippen molar-refractivity contribution >= 4 is 151 Å². The van der Waals surface area contributed by atoms with Gasteiger partial charge in [-0.2, -0.15) is 0 Å². The minimum atomic E-state index is -1.66. The van der Waals surface area contributed by atoms with Gasteiger partial charge in [0.1, 0.15) is 19.2 Å². The maximum absolute atomic E-state index is 6.64. The van der Waals surface area contributed by atoms with Gasteiger partial charge in [0.25, 0.3) is 0 Å². The molecule has 0 aromatic carbocycles. The smallest absolute Gasteiger partial charge is 0.113 e. The van der Waals surface area contributed by atoms with Gasteiger partial charge in [-0.05, 0) is 0 Å². The fourth-order valence-electron chi connectivity index (χ4n) is 1.88. The molecule has 4 atom stereocenters. The first-order chi connectivity index (χ1) is 11.3. The second kappa shape index (κ2) is 8.50.